The third kappa shape index (κ3) is 2.32. The summed E-state index contributed by atoms with van der Waals surface area (Å²) in [4.78, 5) is 27.9. The predicted molar refractivity (Wildman–Crippen MR) is 93.1 cm³/mol. The zero-order valence-corrected chi connectivity index (χ0v) is 14.3. The van der Waals surface area contributed by atoms with Crippen LogP contribution in [0.1, 0.15) is 23.4 Å². The van der Waals surface area contributed by atoms with Crippen LogP contribution in [0.2, 0.25) is 0 Å². The summed E-state index contributed by atoms with van der Waals surface area (Å²) in [6.07, 6.45) is -1.90. The van der Waals surface area contributed by atoms with Crippen molar-refractivity contribution in [2.45, 2.75) is 18.4 Å². The largest absolute Gasteiger partial charge is 0.497 e. The van der Waals surface area contributed by atoms with Gasteiger partial charge in [0.05, 0.1) is 18.8 Å². The number of ether oxygens (including phenoxy) is 2. The highest BCUT2D eigenvalue weighted by atomic mass is 16.6. The van der Waals surface area contributed by atoms with Crippen LogP contribution < -0.4 is 9.64 Å². The summed E-state index contributed by atoms with van der Waals surface area (Å²) in [5.41, 5.74) is 2.10. The van der Waals surface area contributed by atoms with Gasteiger partial charge in [0.2, 0.25) is 0 Å². The number of rotatable bonds is 3. The van der Waals surface area contributed by atoms with Crippen LogP contribution in [-0.4, -0.2) is 42.3 Å². The van der Waals surface area contributed by atoms with Crippen molar-refractivity contribution < 1.29 is 24.2 Å². The molecule has 1 N–H and O–H groups in total. The van der Waals surface area contributed by atoms with Crippen LogP contribution in [0.5, 0.6) is 5.75 Å². The maximum atomic E-state index is 13.1. The normalized spacial score (nSPS) is 24.2. The Morgan fingerprint density at radius 1 is 1.19 bits per heavy atom. The number of nitrogens with zero attached hydrogens (tertiary/aromatic N) is 2. The van der Waals surface area contributed by atoms with Crippen molar-refractivity contribution in [2.75, 3.05) is 19.1 Å². The number of carbonyl (C=O) groups is 2. The maximum Gasteiger partial charge on any atom is 0.335 e. The fourth-order valence-electron chi connectivity index (χ4n) is 3.62. The summed E-state index contributed by atoms with van der Waals surface area (Å²) in [6.45, 7) is 0. The van der Waals surface area contributed by atoms with E-state index in [1.165, 1.54) is 9.80 Å². The van der Waals surface area contributed by atoms with Crippen molar-refractivity contribution >= 4 is 17.7 Å². The number of hydrogen-bond donors (Lipinski definition) is 1. The highest BCUT2D eigenvalue weighted by molar-refractivity contribution is 5.96. The number of carbonyl (C=O) groups excluding carboxylic acids is 1. The van der Waals surface area contributed by atoms with Gasteiger partial charge in [0.25, 0.3) is 0 Å². The molecule has 7 heteroatoms. The van der Waals surface area contributed by atoms with Crippen LogP contribution in [0.15, 0.2) is 48.5 Å². The molecule has 2 heterocycles. The van der Waals surface area contributed by atoms with Crippen LogP contribution in [0.3, 0.4) is 0 Å². The molecular weight excluding hydrogens is 336 g/mol. The molecule has 0 bridgehead atoms. The molecule has 3 atom stereocenters. The van der Waals surface area contributed by atoms with E-state index in [0.29, 0.717) is 11.4 Å². The minimum atomic E-state index is -1.15. The second-order valence-corrected chi connectivity index (χ2v) is 6.28. The standard InChI is InChI=1S/C19H18N2O5/c1-20-14-10-12(25-2)8-9-13(14)17-21(19(20)24)15(16(26-17)18(22)23)11-6-4-3-5-7-11/h3-10,15-17H,1-2H3,(H,22,23)/t15-,16+,17?/m0/s1. The van der Waals surface area contributed by atoms with E-state index in [4.69, 9.17) is 9.47 Å². The lowest BCUT2D eigenvalue weighted by atomic mass is 9.99. The smallest absolute Gasteiger partial charge is 0.335 e. The number of methoxy groups -OCH3 is 1. The second-order valence-electron chi connectivity index (χ2n) is 6.28. The molecule has 0 radical (unpaired) electrons. The molecule has 2 aromatic rings. The van der Waals surface area contributed by atoms with Crippen LogP contribution in [0.25, 0.3) is 0 Å². The molecule has 7 nitrogen and oxygen atoms in total. The molecule has 1 unspecified atom stereocenters. The number of aliphatic carboxylic acids is 1. The van der Waals surface area contributed by atoms with Crippen LogP contribution >= 0.6 is 0 Å². The lowest BCUT2D eigenvalue weighted by Crippen LogP contribution is -2.47. The van der Waals surface area contributed by atoms with Crippen molar-refractivity contribution in [3.8, 4) is 5.75 Å². The van der Waals surface area contributed by atoms with Crippen molar-refractivity contribution in [3.63, 3.8) is 0 Å². The van der Waals surface area contributed by atoms with E-state index in [1.54, 1.807) is 32.4 Å². The molecule has 2 aromatic carbocycles. The molecule has 1 fully saturated rings. The molecular formula is C19H18N2O5. The van der Waals surface area contributed by atoms with Gasteiger partial charge in [0.1, 0.15) is 5.75 Å². The fourth-order valence-corrected chi connectivity index (χ4v) is 3.62. The molecule has 134 valence electrons. The first kappa shape index (κ1) is 16.4. The van der Waals surface area contributed by atoms with Gasteiger partial charge in [-0.05, 0) is 17.7 Å². The zero-order chi connectivity index (χ0) is 18.4. The Bertz CT molecular complexity index is 869. The Morgan fingerprint density at radius 3 is 2.58 bits per heavy atom. The summed E-state index contributed by atoms with van der Waals surface area (Å²) in [5.74, 6) is -0.483. The molecule has 4 rings (SSSR count). The Hall–Kier alpha value is -3.06. The Morgan fingerprint density at radius 2 is 1.92 bits per heavy atom. The minimum Gasteiger partial charge on any atom is -0.497 e. The maximum absolute atomic E-state index is 13.1. The van der Waals surface area contributed by atoms with E-state index in [2.05, 4.69) is 0 Å². The van der Waals surface area contributed by atoms with Gasteiger partial charge in [-0.3, -0.25) is 9.80 Å². The summed E-state index contributed by atoms with van der Waals surface area (Å²) in [7, 11) is 3.21. The minimum absolute atomic E-state index is 0.312. The monoisotopic (exact) mass is 354 g/mol. The first-order valence-corrected chi connectivity index (χ1v) is 8.20. The van der Waals surface area contributed by atoms with Gasteiger partial charge in [0, 0.05) is 18.7 Å². The van der Waals surface area contributed by atoms with Gasteiger partial charge in [-0.15, -0.1) is 0 Å². The van der Waals surface area contributed by atoms with Gasteiger partial charge in [-0.2, -0.15) is 0 Å². The zero-order valence-electron chi connectivity index (χ0n) is 14.3. The molecule has 0 saturated carbocycles. The lowest BCUT2D eigenvalue weighted by molar-refractivity contribution is -0.150. The summed E-state index contributed by atoms with van der Waals surface area (Å²) < 4.78 is 11.1. The first-order chi connectivity index (χ1) is 12.5. The van der Waals surface area contributed by atoms with Crippen molar-refractivity contribution in [3.05, 3.63) is 59.7 Å². The van der Waals surface area contributed by atoms with Crippen molar-refractivity contribution in [1.29, 1.82) is 0 Å². The van der Waals surface area contributed by atoms with Crippen LogP contribution in [-0.2, 0) is 9.53 Å². The molecule has 0 spiro atoms. The van der Waals surface area contributed by atoms with E-state index in [9.17, 15) is 14.7 Å². The van der Waals surface area contributed by atoms with Gasteiger partial charge in [0.15, 0.2) is 12.3 Å². The van der Waals surface area contributed by atoms with Crippen molar-refractivity contribution in [1.82, 2.24) is 4.90 Å². The Balaban J connectivity index is 1.85. The Kier molecular flexibility index (Phi) is 3.81. The lowest BCUT2D eigenvalue weighted by Gasteiger charge is -2.38. The van der Waals surface area contributed by atoms with Gasteiger partial charge in [-0.1, -0.05) is 30.3 Å². The summed E-state index contributed by atoms with van der Waals surface area (Å²) >= 11 is 0. The molecule has 2 aliphatic rings. The number of hydrogen-bond acceptors (Lipinski definition) is 4. The Labute approximate surface area is 150 Å². The van der Waals surface area contributed by atoms with E-state index in [-0.39, 0.29) is 6.03 Å². The molecule has 0 aliphatic carbocycles. The quantitative estimate of drug-likeness (QED) is 0.917. The van der Waals surface area contributed by atoms with Crippen molar-refractivity contribution in [2.24, 2.45) is 0 Å². The van der Waals surface area contributed by atoms with E-state index < -0.39 is 24.3 Å². The average Bonchev–Trinajstić information content (AvgIpc) is 3.07. The molecule has 1 saturated heterocycles. The number of anilines is 1. The van der Waals surface area contributed by atoms with Crippen LogP contribution in [0.4, 0.5) is 10.5 Å². The average molecular weight is 354 g/mol. The fraction of sp³-hybridized carbons (Fsp3) is 0.263. The second kappa shape index (κ2) is 6.03. The number of fused-ring (bicyclic) bond motifs is 3. The number of carboxylic acid groups (broad SMARTS) is 1. The van der Waals surface area contributed by atoms with Crippen LogP contribution in [0, 0.1) is 0 Å². The summed E-state index contributed by atoms with van der Waals surface area (Å²) in [6, 6.07) is 13.4. The van der Waals surface area contributed by atoms with Gasteiger partial charge < -0.3 is 14.6 Å². The van der Waals surface area contributed by atoms with Gasteiger partial charge in [-0.25, -0.2) is 9.59 Å². The van der Waals surface area contributed by atoms with Gasteiger partial charge >= 0.3 is 12.0 Å². The highest BCUT2D eigenvalue weighted by Gasteiger charge is 2.53. The topological polar surface area (TPSA) is 79.3 Å². The third-order valence-corrected chi connectivity index (χ3v) is 4.87. The van der Waals surface area contributed by atoms with E-state index in [1.807, 2.05) is 30.3 Å². The van der Waals surface area contributed by atoms with E-state index in [0.717, 1.165) is 11.1 Å². The SMILES string of the molecule is COc1ccc2c(c1)N(C)C(=O)N1C2O[C@@H](C(=O)O)[C@@H]1c1ccccc1. The number of benzene rings is 2. The molecule has 26 heavy (non-hydrogen) atoms. The third-order valence-electron chi connectivity index (χ3n) is 4.87. The van der Waals surface area contributed by atoms with E-state index >= 15 is 0 Å². The first-order valence-electron chi connectivity index (χ1n) is 8.20. The molecule has 2 amide bonds. The number of carboxylic acids is 1. The predicted octanol–water partition coefficient (Wildman–Crippen LogP) is 2.79. The molecule has 2 aliphatic heterocycles. The summed E-state index contributed by atoms with van der Waals surface area (Å²) in [5, 5.41) is 9.68. The number of amides is 2. The molecule has 0 aromatic heterocycles. The highest BCUT2D eigenvalue weighted by Crippen LogP contribution is 2.49. The number of urea groups is 1.